The SMILES string of the molecule is CC(C)(C)OC(=O)NC(Cc1ccccc1)C(CCC(=O)O)O[Si](C)(C)C(C)(C)C. The van der Waals surface area contributed by atoms with Crippen LogP contribution in [0.15, 0.2) is 30.3 Å². The number of benzene rings is 1. The zero-order valence-corrected chi connectivity index (χ0v) is 20.7. The van der Waals surface area contributed by atoms with E-state index in [1.807, 2.05) is 51.1 Å². The number of rotatable bonds is 9. The molecule has 2 N–H and O–H groups in total. The van der Waals surface area contributed by atoms with E-state index < -0.39 is 38.1 Å². The van der Waals surface area contributed by atoms with Gasteiger partial charge in [0.1, 0.15) is 5.60 Å². The topological polar surface area (TPSA) is 84.9 Å². The minimum absolute atomic E-state index is 0.0272. The van der Waals surface area contributed by atoms with Crippen molar-refractivity contribution >= 4 is 20.4 Å². The Bertz CT molecular complexity index is 692. The highest BCUT2D eigenvalue weighted by molar-refractivity contribution is 6.74. The fraction of sp³-hybridized carbons (Fsp3) is 0.652. The Hall–Kier alpha value is -1.86. The van der Waals surface area contributed by atoms with Crippen molar-refractivity contribution in [3.8, 4) is 0 Å². The molecule has 1 aromatic rings. The molecular weight excluding hydrogens is 398 g/mol. The Morgan fingerprint density at radius 3 is 2.10 bits per heavy atom. The molecule has 0 heterocycles. The summed E-state index contributed by atoms with van der Waals surface area (Å²) < 4.78 is 12.1. The molecule has 0 spiro atoms. The van der Waals surface area contributed by atoms with Gasteiger partial charge in [-0.3, -0.25) is 4.79 Å². The van der Waals surface area contributed by atoms with Gasteiger partial charge in [-0.05, 0) is 57.3 Å². The van der Waals surface area contributed by atoms with Crippen molar-refractivity contribution in [1.29, 1.82) is 0 Å². The fourth-order valence-corrected chi connectivity index (χ4v) is 4.16. The highest BCUT2D eigenvalue weighted by Crippen LogP contribution is 2.38. The molecule has 1 amide bonds. The predicted molar refractivity (Wildman–Crippen MR) is 122 cm³/mol. The second kappa shape index (κ2) is 10.4. The standard InChI is InChI=1S/C23H39NO5Si/c1-22(2,3)28-21(27)24-18(16-17-12-10-9-11-13-17)19(14-15-20(25)26)29-30(7,8)23(4,5)6/h9-13,18-19H,14-16H2,1-8H3,(H,24,27)(H,25,26). The van der Waals surface area contributed by atoms with E-state index in [-0.39, 0.29) is 11.5 Å². The molecule has 30 heavy (non-hydrogen) atoms. The van der Waals surface area contributed by atoms with Crippen LogP contribution in [0, 0.1) is 0 Å². The second-order valence-electron chi connectivity index (χ2n) is 10.3. The molecule has 0 radical (unpaired) electrons. The zero-order chi connectivity index (χ0) is 23.2. The highest BCUT2D eigenvalue weighted by atomic mass is 28.4. The van der Waals surface area contributed by atoms with Crippen molar-refractivity contribution in [3.05, 3.63) is 35.9 Å². The molecule has 0 aliphatic carbocycles. The van der Waals surface area contributed by atoms with E-state index >= 15 is 0 Å². The predicted octanol–water partition coefficient (Wildman–Crippen LogP) is 5.38. The number of carboxylic acids is 1. The van der Waals surface area contributed by atoms with Crippen molar-refractivity contribution < 1.29 is 23.9 Å². The van der Waals surface area contributed by atoms with Gasteiger partial charge >= 0.3 is 12.1 Å². The number of aliphatic carboxylic acids is 1. The summed E-state index contributed by atoms with van der Waals surface area (Å²) in [5, 5.41) is 12.2. The minimum Gasteiger partial charge on any atom is -0.481 e. The van der Waals surface area contributed by atoms with Gasteiger partial charge in [-0.1, -0.05) is 51.1 Å². The number of carboxylic acid groups (broad SMARTS) is 1. The summed E-state index contributed by atoms with van der Waals surface area (Å²) in [5.41, 5.74) is 0.413. The van der Waals surface area contributed by atoms with Crippen LogP contribution in [-0.4, -0.2) is 43.2 Å². The van der Waals surface area contributed by atoms with Gasteiger partial charge in [0.2, 0.25) is 0 Å². The quantitative estimate of drug-likeness (QED) is 0.507. The summed E-state index contributed by atoms with van der Waals surface area (Å²) >= 11 is 0. The fourth-order valence-electron chi connectivity index (χ4n) is 2.77. The Morgan fingerprint density at radius 1 is 1.07 bits per heavy atom. The molecule has 0 aromatic heterocycles. The van der Waals surface area contributed by atoms with E-state index in [4.69, 9.17) is 9.16 Å². The second-order valence-corrected chi connectivity index (χ2v) is 15.0. The first-order chi connectivity index (χ1) is 13.6. The third-order valence-electron chi connectivity index (χ3n) is 5.34. The molecule has 0 fully saturated rings. The van der Waals surface area contributed by atoms with E-state index in [9.17, 15) is 14.7 Å². The number of amides is 1. The maximum absolute atomic E-state index is 12.6. The van der Waals surface area contributed by atoms with Crippen LogP contribution in [0.1, 0.15) is 59.9 Å². The van der Waals surface area contributed by atoms with E-state index in [0.29, 0.717) is 12.8 Å². The summed E-state index contributed by atoms with van der Waals surface area (Å²) in [6, 6.07) is 9.40. The van der Waals surface area contributed by atoms with E-state index in [0.717, 1.165) is 5.56 Å². The lowest BCUT2D eigenvalue weighted by molar-refractivity contribution is -0.137. The van der Waals surface area contributed by atoms with Crippen LogP contribution in [-0.2, 0) is 20.4 Å². The Morgan fingerprint density at radius 2 is 1.63 bits per heavy atom. The first-order valence-electron chi connectivity index (χ1n) is 10.5. The van der Waals surface area contributed by atoms with Crippen molar-refractivity contribution in [2.75, 3.05) is 0 Å². The first-order valence-corrected chi connectivity index (χ1v) is 13.4. The van der Waals surface area contributed by atoms with Gasteiger partial charge < -0.3 is 19.6 Å². The minimum atomic E-state index is -2.20. The molecule has 170 valence electrons. The summed E-state index contributed by atoms with van der Waals surface area (Å²) in [4.78, 5) is 23.9. The van der Waals surface area contributed by atoms with E-state index in [2.05, 4.69) is 39.2 Å². The summed E-state index contributed by atoms with van der Waals surface area (Å²) in [6.07, 6.45) is -0.147. The van der Waals surface area contributed by atoms with Crippen LogP contribution in [0.5, 0.6) is 0 Å². The lowest BCUT2D eigenvalue weighted by Gasteiger charge is -2.41. The van der Waals surface area contributed by atoms with Crippen LogP contribution in [0.3, 0.4) is 0 Å². The van der Waals surface area contributed by atoms with Crippen LogP contribution in [0.25, 0.3) is 0 Å². The molecule has 2 unspecified atom stereocenters. The Kier molecular flexibility index (Phi) is 9.11. The largest absolute Gasteiger partial charge is 0.481 e. The van der Waals surface area contributed by atoms with Crippen molar-refractivity contribution in [2.24, 2.45) is 0 Å². The molecule has 0 saturated carbocycles. The molecule has 7 heteroatoms. The number of ether oxygens (including phenoxy) is 1. The van der Waals surface area contributed by atoms with Crippen molar-refractivity contribution in [3.63, 3.8) is 0 Å². The van der Waals surface area contributed by atoms with Crippen LogP contribution >= 0.6 is 0 Å². The number of alkyl carbamates (subject to hydrolysis) is 1. The molecule has 0 aliphatic rings. The molecule has 0 bridgehead atoms. The van der Waals surface area contributed by atoms with E-state index in [1.165, 1.54) is 0 Å². The summed E-state index contributed by atoms with van der Waals surface area (Å²) in [5.74, 6) is -0.880. The third-order valence-corrected chi connectivity index (χ3v) is 9.85. The maximum Gasteiger partial charge on any atom is 0.407 e. The maximum atomic E-state index is 12.6. The number of carbonyl (C=O) groups excluding carboxylic acids is 1. The monoisotopic (exact) mass is 437 g/mol. The lowest BCUT2D eigenvalue weighted by atomic mass is 9.98. The first kappa shape index (κ1) is 26.2. The smallest absolute Gasteiger partial charge is 0.407 e. The molecule has 2 atom stereocenters. The van der Waals surface area contributed by atoms with Crippen molar-refractivity contribution in [1.82, 2.24) is 5.32 Å². The summed E-state index contributed by atoms with van der Waals surface area (Å²) in [7, 11) is -2.20. The lowest BCUT2D eigenvalue weighted by Crippen LogP contribution is -2.53. The van der Waals surface area contributed by atoms with Gasteiger partial charge in [0, 0.05) is 6.42 Å². The Balaban J connectivity index is 3.20. The molecular formula is C23H39NO5Si. The zero-order valence-electron chi connectivity index (χ0n) is 19.7. The number of nitrogens with one attached hydrogen (secondary N) is 1. The average Bonchev–Trinajstić information content (AvgIpc) is 2.56. The molecule has 0 saturated heterocycles. The third kappa shape index (κ3) is 9.30. The van der Waals surface area contributed by atoms with Gasteiger partial charge in [0.25, 0.3) is 0 Å². The number of hydrogen-bond donors (Lipinski definition) is 2. The van der Waals surface area contributed by atoms with Gasteiger partial charge in [0.05, 0.1) is 12.1 Å². The van der Waals surface area contributed by atoms with Crippen molar-refractivity contribution in [2.45, 2.75) is 96.7 Å². The van der Waals surface area contributed by atoms with Gasteiger partial charge in [-0.2, -0.15) is 0 Å². The molecule has 1 aromatic carbocycles. The van der Waals surface area contributed by atoms with Gasteiger partial charge in [0.15, 0.2) is 8.32 Å². The molecule has 1 rings (SSSR count). The van der Waals surface area contributed by atoms with Crippen LogP contribution in [0.4, 0.5) is 4.79 Å². The van der Waals surface area contributed by atoms with Crippen LogP contribution < -0.4 is 5.32 Å². The Labute approximate surface area is 182 Å². The van der Waals surface area contributed by atoms with Gasteiger partial charge in [-0.25, -0.2) is 4.79 Å². The number of hydrogen-bond acceptors (Lipinski definition) is 4. The molecule has 0 aliphatic heterocycles. The van der Waals surface area contributed by atoms with Crippen LogP contribution in [0.2, 0.25) is 18.1 Å². The number of carbonyl (C=O) groups is 2. The highest BCUT2D eigenvalue weighted by Gasteiger charge is 2.41. The normalized spacial score (nSPS) is 14.7. The molecule has 6 nitrogen and oxygen atoms in total. The average molecular weight is 438 g/mol. The summed E-state index contributed by atoms with van der Waals surface area (Å²) in [6.45, 7) is 16.1. The van der Waals surface area contributed by atoms with Gasteiger partial charge in [-0.15, -0.1) is 0 Å². The van der Waals surface area contributed by atoms with E-state index in [1.54, 1.807) is 0 Å².